The van der Waals surface area contributed by atoms with Gasteiger partial charge in [0.25, 0.3) is 0 Å². The topological polar surface area (TPSA) is 63.3 Å². The van der Waals surface area contributed by atoms with E-state index in [-0.39, 0.29) is 5.92 Å². The van der Waals surface area contributed by atoms with Gasteiger partial charge in [-0.25, -0.2) is 0 Å². The third-order valence-corrected chi connectivity index (χ3v) is 2.25. The highest BCUT2D eigenvalue weighted by molar-refractivity contribution is 5.73. The summed E-state index contributed by atoms with van der Waals surface area (Å²) in [5.74, 6) is -0.736. The number of rotatable bonds is 6. The van der Waals surface area contributed by atoms with E-state index in [1.807, 2.05) is 6.92 Å². The zero-order valence-electron chi connectivity index (χ0n) is 7.92. The van der Waals surface area contributed by atoms with Gasteiger partial charge in [-0.15, -0.1) is 0 Å². The van der Waals surface area contributed by atoms with Gasteiger partial charge in [0.15, 0.2) is 0 Å². The van der Waals surface area contributed by atoms with Gasteiger partial charge >= 0.3 is 5.97 Å². The van der Waals surface area contributed by atoms with E-state index < -0.39 is 12.0 Å². The second-order valence-corrected chi connectivity index (χ2v) is 3.17. The first-order valence-corrected chi connectivity index (χ1v) is 4.61. The Morgan fingerprint density at radius 3 is 2.42 bits per heavy atom. The SMILES string of the molecule is CCCC[C@@H](CC)[C@@H](N)C(=O)O. The lowest BCUT2D eigenvalue weighted by atomic mass is 9.92. The van der Waals surface area contributed by atoms with Crippen molar-refractivity contribution < 1.29 is 9.90 Å². The maximum absolute atomic E-state index is 10.5. The molecule has 3 nitrogen and oxygen atoms in total. The summed E-state index contributed by atoms with van der Waals surface area (Å²) in [6, 6.07) is -0.679. The molecule has 0 saturated heterocycles. The van der Waals surface area contributed by atoms with Crippen molar-refractivity contribution in [3.63, 3.8) is 0 Å². The summed E-state index contributed by atoms with van der Waals surface area (Å²) in [5, 5.41) is 8.66. The number of hydrogen-bond donors (Lipinski definition) is 2. The fraction of sp³-hybridized carbons (Fsp3) is 0.889. The number of hydrogen-bond acceptors (Lipinski definition) is 2. The minimum atomic E-state index is -0.877. The number of carbonyl (C=O) groups is 1. The molecule has 0 aliphatic heterocycles. The van der Waals surface area contributed by atoms with Crippen LogP contribution in [0.15, 0.2) is 0 Å². The van der Waals surface area contributed by atoms with E-state index in [0.717, 1.165) is 25.7 Å². The van der Waals surface area contributed by atoms with E-state index in [4.69, 9.17) is 10.8 Å². The van der Waals surface area contributed by atoms with Crippen LogP contribution in [-0.4, -0.2) is 17.1 Å². The second-order valence-electron chi connectivity index (χ2n) is 3.17. The number of carboxylic acid groups (broad SMARTS) is 1. The first kappa shape index (κ1) is 11.4. The summed E-state index contributed by atoms with van der Waals surface area (Å²) in [5.41, 5.74) is 5.51. The molecule has 0 aromatic rings. The predicted molar refractivity (Wildman–Crippen MR) is 48.9 cm³/mol. The smallest absolute Gasteiger partial charge is 0.320 e. The zero-order valence-corrected chi connectivity index (χ0v) is 7.92. The molecule has 0 aromatic carbocycles. The van der Waals surface area contributed by atoms with Crippen LogP contribution in [0, 0.1) is 5.92 Å². The third-order valence-electron chi connectivity index (χ3n) is 2.25. The Hall–Kier alpha value is -0.570. The molecule has 0 fully saturated rings. The molecule has 2 atom stereocenters. The molecule has 3 heteroatoms. The molecule has 0 bridgehead atoms. The van der Waals surface area contributed by atoms with Crippen molar-refractivity contribution in [3.05, 3.63) is 0 Å². The van der Waals surface area contributed by atoms with E-state index in [0.29, 0.717) is 0 Å². The lowest BCUT2D eigenvalue weighted by molar-refractivity contribution is -0.140. The first-order valence-electron chi connectivity index (χ1n) is 4.61. The molecule has 0 unspecified atom stereocenters. The van der Waals surface area contributed by atoms with Gasteiger partial charge in [-0.3, -0.25) is 4.79 Å². The minimum Gasteiger partial charge on any atom is -0.480 e. The highest BCUT2D eigenvalue weighted by Crippen LogP contribution is 2.15. The van der Waals surface area contributed by atoms with Crippen LogP contribution < -0.4 is 5.73 Å². The van der Waals surface area contributed by atoms with E-state index in [1.54, 1.807) is 0 Å². The number of carboxylic acids is 1. The standard InChI is InChI=1S/C9H19NO2/c1-3-5-6-7(4-2)8(10)9(11)12/h7-8H,3-6,10H2,1-2H3,(H,11,12)/t7-,8-/m1/s1. The molecule has 0 aliphatic carbocycles. The van der Waals surface area contributed by atoms with Crippen LogP contribution in [0.2, 0.25) is 0 Å². The molecule has 0 amide bonds. The predicted octanol–water partition coefficient (Wildman–Crippen LogP) is 1.61. The van der Waals surface area contributed by atoms with Crippen LogP contribution in [0.25, 0.3) is 0 Å². The zero-order chi connectivity index (χ0) is 9.56. The molecular formula is C9H19NO2. The minimum absolute atomic E-state index is 0.141. The van der Waals surface area contributed by atoms with Crippen molar-refractivity contribution in [2.75, 3.05) is 0 Å². The Morgan fingerprint density at radius 2 is 2.08 bits per heavy atom. The van der Waals surface area contributed by atoms with Gasteiger partial charge in [0.05, 0.1) is 0 Å². The highest BCUT2D eigenvalue weighted by atomic mass is 16.4. The average molecular weight is 173 g/mol. The molecule has 0 radical (unpaired) electrons. The van der Waals surface area contributed by atoms with Crippen LogP contribution >= 0.6 is 0 Å². The molecule has 3 N–H and O–H groups in total. The maximum Gasteiger partial charge on any atom is 0.320 e. The first-order chi connectivity index (χ1) is 5.63. The lowest BCUT2D eigenvalue weighted by Crippen LogP contribution is -2.37. The van der Waals surface area contributed by atoms with Crippen LogP contribution in [0.5, 0.6) is 0 Å². The number of nitrogens with two attached hydrogens (primary N) is 1. The van der Waals surface area contributed by atoms with E-state index in [1.165, 1.54) is 0 Å². The van der Waals surface area contributed by atoms with Crippen LogP contribution in [0.4, 0.5) is 0 Å². The van der Waals surface area contributed by atoms with Crippen LogP contribution in [0.3, 0.4) is 0 Å². The van der Waals surface area contributed by atoms with Gasteiger partial charge in [0.2, 0.25) is 0 Å². The average Bonchev–Trinajstić information content (AvgIpc) is 2.05. The lowest BCUT2D eigenvalue weighted by Gasteiger charge is -2.18. The Balaban J connectivity index is 3.87. The van der Waals surface area contributed by atoms with Gasteiger partial charge < -0.3 is 10.8 Å². The summed E-state index contributed by atoms with van der Waals surface area (Å²) >= 11 is 0. The van der Waals surface area contributed by atoms with Crippen molar-refractivity contribution in [1.82, 2.24) is 0 Å². The molecular weight excluding hydrogens is 154 g/mol. The summed E-state index contributed by atoms with van der Waals surface area (Å²) in [4.78, 5) is 10.5. The molecule has 0 rings (SSSR count). The fourth-order valence-corrected chi connectivity index (χ4v) is 1.31. The molecule has 12 heavy (non-hydrogen) atoms. The quantitative estimate of drug-likeness (QED) is 0.641. The van der Waals surface area contributed by atoms with Gasteiger partial charge in [-0.1, -0.05) is 33.1 Å². The molecule has 0 heterocycles. The maximum atomic E-state index is 10.5. The Labute approximate surface area is 74.0 Å². The van der Waals surface area contributed by atoms with Crippen molar-refractivity contribution in [1.29, 1.82) is 0 Å². The normalized spacial score (nSPS) is 15.6. The molecule has 0 aliphatic rings. The molecule has 0 aromatic heterocycles. The van der Waals surface area contributed by atoms with Crippen LogP contribution in [0.1, 0.15) is 39.5 Å². The fourth-order valence-electron chi connectivity index (χ4n) is 1.31. The molecule has 0 saturated carbocycles. The van der Waals surface area contributed by atoms with Crippen molar-refractivity contribution in [2.45, 2.75) is 45.6 Å². The van der Waals surface area contributed by atoms with E-state index in [9.17, 15) is 4.79 Å². The van der Waals surface area contributed by atoms with Gasteiger partial charge in [0, 0.05) is 0 Å². The summed E-state index contributed by atoms with van der Waals surface area (Å²) in [7, 11) is 0. The molecule has 72 valence electrons. The summed E-state index contributed by atoms with van der Waals surface area (Å²) in [6.07, 6.45) is 3.95. The monoisotopic (exact) mass is 173 g/mol. The Bertz CT molecular complexity index is 136. The Kier molecular flexibility index (Phi) is 5.72. The largest absolute Gasteiger partial charge is 0.480 e. The van der Waals surface area contributed by atoms with E-state index in [2.05, 4.69) is 6.92 Å². The number of aliphatic carboxylic acids is 1. The number of unbranched alkanes of at least 4 members (excludes halogenated alkanes) is 1. The molecule has 0 spiro atoms. The van der Waals surface area contributed by atoms with Gasteiger partial charge in [0.1, 0.15) is 6.04 Å². The third kappa shape index (κ3) is 3.72. The summed E-state index contributed by atoms with van der Waals surface area (Å²) in [6.45, 7) is 4.09. The second kappa shape index (κ2) is 6.00. The van der Waals surface area contributed by atoms with Crippen molar-refractivity contribution >= 4 is 5.97 Å². The van der Waals surface area contributed by atoms with Gasteiger partial charge in [-0.05, 0) is 12.3 Å². The summed E-state index contributed by atoms with van der Waals surface area (Å²) < 4.78 is 0. The van der Waals surface area contributed by atoms with Crippen molar-refractivity contribution in [2.24, 2.45) is 11.7 Å². The Morgan fingerprint density at radius 1 is 1.50 bits per heavy atom. The van der Waals surface area contributed by atoms with Crippen molar-refractivity contribution in [3.8, 4) is 0 Å². The van der Waals surface area contributed by atoms with Gasteiger partial charge in [-0.2, -0.15) is 0 Å². The highest BCUT2D eigenvalue weighted by Gasteiger charge is 2.21. The van der Waals surface area contributed by atoms with Crippen LogP contribution in [-0.2, 0) is 4.79 Å². The van der Waals surface area contributed by atoms with E-state index >= 15 is 0 Å².